The maximum Gasteiger partial charge on any atom is 0.0768 e. The van der Waals surface area contributed by atoms with Gasteiger partial charge in [0.2, 0.25) is 0 Å². The number of rotatable bonds is 3. The Labute approximate surface area is 136 Å². The number of ether oxygens (including phenoxy) is 1. The highest BCUT2D eigenvalue weighted by atomic mass is 16.5. The Balaban J connectivity index is 1.81. The number of hydrogen-bond donors (Lipinski definition) is 2. The average molecular weight is 309 g/mol. The lowest BCUT2D eigenvalue weighted by molar-refractivity contribution is -0.176. The molecule has 3 aliphatic rings. The highest BCUT2D eigenvalue weighted by Crippen LogP contribution is 2.56. The SMILES string of the molecule is CC(C)(C)CC(C)(OC1C2CC3C1NCC3(N)C2)C(C)(C)C. The van der Waals surface area contributed by atoms with E-state index in [0.717, 1.165) is 19.4 Å². The van der Waals surface area contributed by atoms with Gasteiger partial charge in [0.25, 0.3) is 0 Å². The lowest BCUT2D eigenvalue weighted by atomic mass is 9.69. The summed E-state index contributed by atoms with van der Waals surface area (Å²) < 4.78 is 6.93. The third-order valence-electron chi connectivity index (χ3n) is 6.71. The fraction of sp³-hybridized carbons (Fsp3) is 1.00. The first-order chi connectivity index (χ1) is 9.85. The summed E-state index contributed by atoms with van der Waals surface area (Å²) >= 11 is 0. The molecule has 0 spiro atoms. The first-order valence-corrected chi connectivity index (χ1v) is 9.05. The molecular weight excluding hydrogens is 272 g/mol. The van der Waals surface area contributed by atoms with Crippen LogP contribution in [0.2, 0.25) is 0 Å². The van der Waals surface area contributed by atoms with Gasteiger partial charge in [0.1, 0.15) is 0 Å². The summed E-state index contributed by atoms with van der Waals surface area (Å²) in [4.78, 5) is 0. The standard InChI is InChI=1S/C19H36N2O/c1-16(2,3)10-18(7,17(4,5)6)22-15-12-8-13-14(15)21-11-19(13,20)9-12/h12-15,21H,8-11,20H2,1-7H3. The molecule has 0 radical (unpaired) electrons. The molecule has 1 saturated heterocycles. The predicted octanol–water partition coefficient (Wildman–Crippen LogP) is 3.32. The van der Waals surface area contributed by atoms with Crippen LogP contribution in [0.5, 0.6) is 0 Å². The van der Waals surface area contributed by atoms with Crippen LogP contribution in [-0.4, -0.2) is 29.8 Å². The second-order valence-corrected chi connectivity index (χ2v) is 10.7. The van der Waals surface area contributed by atoms with Crippen LogP contribution in [-0.2, 0) is 4.74 Å². The number of fused-ring (bicyclic) bond motifs is 1. The van der Waals surface area contributed by atoms with Crippen LogP contribution in [0.4, 0.5) is 0 Å². The minimum Gasteiger partial charge on any atom is -0.370 e. The zero-order valence-electron chi connectivity index (χ0n) is 15.6. The van der Waals surface area contributed by atoms with Crippen LogP contribution in [0.15, 0.2) is 0 Å². The molecule has 2 bridgehead atoms. The fourth-order valence-electron chi connectivity index (χ4n) is 5.30. The number of nitrogens with two attached hydrogens (primary N) is 1. The minimum atomic E-state index is -0.109. The number of nitrogens with one attached hydrogen (secondary N) is 1. The van der Waals surface area contributed by atoms with Gasteiger partial charge in [-0.2, -0.15) is 0 Å². The molecule has 22 heavy (non-hydrogen) atoms. The average Bonchev–Trinajstić information content (AvgIpc) is 2.83. The van der Waals surface area contributed by atoms with E-state index in [9.17, 15) is 0 Å². The molecule has 3 N–H and O–H groups in total. The summed E-state index contributed by atoms with van der Waals surface area (Å²) in [7, 11) is 0. The van der Waals surface area contributed by atoms with Crippen molar-refractivity contribution in [2.24, 2.45) is 28.4 Å². The van der Waals surface area contributed by atoms with Crippen molar-refractivity contribution in [3.8, 4) is 0 Å². The zero-order chi connectivity index (χ0) is 16.6. The van der Waals surface area contributed by atoms with Gasteiger partial charge < -0.3 is 15.8 Å². The van der Waals surface area contributed by atoms with Gasteiger partial charge in [0.05, 0.1) is 11.7 Å². The molecule has 2 saturated carbocycles. The fourth-order valence-corrected chi connectivity index (χ4v) is 5.30. The second kappa shape index (κ2) is 4.70. The Morgan fingerprint density at radius 2 is 1.77 bits per heavy atom. The third-order valence-corrected chi connectivity index (χ3v) is 6.71. The Morgan fingerprint density at radius 3 is 2.32 bits per heavy atom. The van der Waals surface area contributed by atoms with Crippen LogP contribution in [0.25, 0.3) is 0 Å². The summed E-state index contributed by atoms with van der Waals surface area (Å²) in [5, 5.41) is 3.69. The predicted molar refractivity (Wildman–Crippen MR) is 91.7 cm³/mol. The van der Waals surface area contributed by atoms with Gasteiger partial charge in [-0.1, -0.05) is 41.5 Å². The van der Waals surface area contributed by atoms with Crippen molar-refractivity contribution in [2.45, 2.75) is 91.0 Å². The van der Waals surface area contributed by atoms with E-state index < -0.39 is 0 Å². The molecule has 6 atom stereocenters. The molecule has 0 aromatic carbocycles. The van der Waals surface area contributed by atoms with Gasteiger partial charge in [0, 0.05) is 18.1 Å². The third kappa shape index (κ3) is 2.53. The van der Waals surface area contributed by atoms with Gasteiger partial charge in [-0.25, -0.2) is 0 Å². The van der Waals surface area contributed by atoms with Crippen molar-refractivity contribution in [2.75, 3.05) is 6.54 Å². The zero-order valence-corrected chi connectivity index (χ0v) is 15.6. The topological polar surface area (TPSA) is 47.3 Å². The van der Waals surface area contributed by atoms with Gasteiger partial charge >= 0.3 is 0 Å². The normalized spacial score (nSPS) is 43.6. The summed E-state index contributed by atoms with van der Waals surface area (Å²) in [5.74, 6) is 1.28. The van der Waals surface area contributed by atoms with Gasteiger partial charge in [0.15, 0.2) is 0 Å². The van der Waals surface area contributed by atoms with E-state index in [1.807, 2.05) is 0 Å². The Kier molecular flexibility index (Phi) is 3.58. The monoisotopic (exact) mass is 308 g/mol. The molecule has 3 rings (SSSR count). The number of hydrogen-bond acceptors (Lipinski definition) is 3. The molecule has 3 nitrogen and oxygen atoms in total. The summed E-state index contributed by atoms with van der Waals surface area (Å²) in [6, 6.07) is 0.477. The molecule has 0 amide bonds. The molecule has 6 unspecified atom stereocenters. The van der Waals surface area contributed by atoms with E-state index in [1.54, 1.807) is 0 Å². The quantitative estimate of drug-likeness (QED) is 0.841. The molecule has 1 heterocycles. The van der Waals surface area contributed by atoms with E-state index in [4.69, 9.17) is 10.5 Å². The molecule has 1 aliphatic heterocycles. The highest BCUT2D eigenvalue weighted by Gasteiger charge is 2.64. The molecular formula is C19H36N2O. The molecule has 3 heteroatoms. The minimum absolute atomic E-state index is 0.0529. The van der Waals surface area contributed by atoms with E-state index >= 15 is 0 Å². The van der Waals surface area contributed by atoms with Crippen molar-refractivity contribution in [3.63, 3.8) is 0 Å². The Hall–Kier alpha value is -0.120. The van der Waals surface area contributed by atoms with E-state index in [0.29, 0.717) is 24.0 Å². The van der Waals surface area contributed by atoms with E-state index in [-0.39, 0.29) is 22.0 Å². The van der Waals surface area contributed by atoms with Crippen molar-refractivity contribution in [3.05, 3.63) is 0 Å². The van der Waals surface area contributed by atoms with Crippen LogP contribution >= 0.6 is 0 Å². The van der Waals surface area contributed by atoms with Crippen molar-refractivity contribution in [1.82, 2.24) is 5.32 Å². The smallest absolute Gasteiger partial charge is 0.0768 e. The Bertz CT molecular complexity index is 449. The van der Waals surface area contributed by atoms with Gasteiger partial charge in [-0.05, 0) is 48.9 Å². The van der Waals surface area contributed by atoms with Gasteiger partial charge in [-0.15, -0.1) is 0 Å². The Morgan fingerprint density at radius 1 is 1.14 bits per heavy atom. The van der Waals surface area contributed by atoms with E-state index in [1.165, 1.54) is 6.42 Å². The van der Waals surface area contributed by atoms with Crippen molar-refractivity contribution >= 4 is 0 Å². The molecule has 0 aromatic rings. The van der Waals surface area contributed by atoms with Gasteiger partial charge in [-0.3, -0.25) is 0 Å². The summed E-state index contributed by atoms with van der Waals surface area (Å²) in [6.07, 6.45) is 3.82. The van der Waals surface area contributed by atoms with Crippen molar-refractivity contribution < 1.29 is 4.74 Å². The van der Waals surface area contributed by atoms with E-state index in [2.05, 4.69) is 53.8 Å². The molecule has 3 fully saturated rings. The summed E-state index contributed by atoms with van der Waals surface area (Å²) in [6.45, 7) is 17.2. The molecule has 128 valence electrons. The maximum atomic E-state index is 6.93. The van der Waals surface area contributed by atoms with Crippen LogP contribution in [0.1, 0.15) is 67.7 Å². The lowest BCUT2D eigenvalue weighted by Crippen LogP contribution is -2.54. The van der Waals surface area contributed by atoms with Crippen LogP contribution in [0, 0.1) is 22.7 Å². The highest BCUT2D eigenvalue weighted by molar-refractivity contribution is 5.20. The first-order valence-electron chi connectivity index (χ1n) is 9.05. The molecule has 2 aliphatic carbocycles. The van der Waals surface area contributed by atoms with Crippen LogP contribution in [0.3, 0.4) is 0 Å². The van der Waals surface area contributed by atoms with Crippen LogP contribution < -0.4 is 11.1 Å². The first kappa shape index (κ1) is 16.7. The summed E-state index contributed by atoms with van der Waals surface area (Å²) in [5.41, 5.74) is 6.91. The lowest BCUT2D eigenvalue weighted by Gasteiger charge is -2.49. The largest absolute Gasteiger partial charge is 0.370 e. The second-order valence-electron chi connectivity index (χ2n) is 10.7. The van der Waals surface area contributed by atoms with Crippen molar-refractivity contribution in [1.29, 1.82) is 0 Å². The maximum absolute atomic E-state index is 6.93. The molecule has 0 aromatic heterocycles.